The number of imide groups is 1. The van der Waals surface area contributed by atoms with E-state index in [0.717, 1.165) is 41.9 Å². The highest BCUT2D eigenvalue weighted by molar-refractivity contribution is 6.11. The predicted octanol–water partition coefficient (Wildman–Crippen LogP) is 4.03. The summed E-state index contributed by atoms with van der Waals surface area (Å²) in [6.45, 7) is 0.747. The van der Waals surface area contributed by atoms with Gasteiger partial charge in [0.25, 0.3) is 5.91 Å². The maximum atomic E-state index is 13.4. The summed E-state index contributed by atoms with van der Waals surface area (Å²) in [5, 5.41) is 5.28. The van der Waals surface area contributed by atoms with Crippen molar-refractivity contribution in [1.82, 2.24) is 10.2 Å². The van der Waals surface area contributed by atoms with Crippen LogP contribution in [0.4, 0.5) is 29.3 Å². The van der Waals surface area contributed by atoms with Crippen LogP contribution >= 0.6 is 0 Å². The Labute approximate surface area is 200 Å². The molecule has 5 rings (SSSR count). The number of nitrogens with one attached hydrogen (secondary N) is 2. The van der Waals surface area contributed by atoms with E-state index in [1.54, 1.807) is 12.1 Å². The summed E-state index contributed by atoms with van der Waals surface area (Å²) in [7, 11) is 0. The number of piperidine rings is 1. The van der Waals surface area contributed by atoms with E-state index in [1.807, 2.05) is 17.0 Å². The first-order chi connectivity index (χ1) is 16.7. The zero-order valence-electron chi connectivity index (χ0n) is 19.0. The maximum Gasteiger partial charge on any atom is 0.416 e. The lowest BCUT2D eigenvalue weighted by Gasteiger charge is -2.31. The molecule has 0 radical (unpaired) electrons. The van der Waals surface area contributed by atoms with Crippen molar-refractivity contribution in [3.8, 4) is 0 Å². The number of aryl methyl sites for hydroxylation is 1. The van der Waals surface area contributed by atoms with Gasteiger partial charge in [-0.15, -0.1) is 0 Å². The Balaban J connectivity index is 1.37. The van der Waals surface area contributed by atoms with Crippen molar-refractivity contribution in [3.05, 3.63) is 59.2 Å². The molecule has 0 bridgehead atoms. The van der Waals surface area contributed by atoms with Crippen LogP contribution in [0.3, 0.4) is 0 Å². The van der Waals surface area contributed by atoms with Gasteiger partial charge in [0.05, 0.1) is 16.9 Å². The lowest BCUT2D eigenvalue weighted by molar-refractivity contribution is -0.137. The van der Waals surface area contributed by atoms with Crippen molar-refractivity contribution in [2.45, 2.75) is 43.8 Å². The molecule has 2 heterocycles. The normalized spacial score (nSPS) is 21.9. The standard InChI is InChI=1S/C25H25F3N4O3/c26-25(27,28)17-8-9-20(31-12-4-1-5-13-31)19(14-17)29-21(33)15-32-22(34)24(30-23(32)35)11-10-16-6-2-3-7-18(16)24/h2-3,6-9,14H,1,4-5,10-13,15H2,(H,29,33)(H,30,35)/t24-/m1/s1. The Morgan fingerprint density at radius 1 is 1.06 bits per heavy atom. The number of benzene rings is 2. The number of hydrogen-bond donors (Lipinski definition) is 2. The van der Waals surface area contributed by atoms with Gasteiger partial charge in [0, 0.05) is 13.1 Å². The van der Waals surface area contributed by atoms with E-state index in [4.69, 9.17) is 0 Å². The van der Waals surface area contributed by atoms with Gasteiger partial charge in [-0.05, 0) is 61.4 Å². The number of nitrogens with zero attached hydrogens (tertiary/aromatic N) is 2. The van der Waals surface area contributed by atoms with Gasteiger partial charge in [-0.25, -0.2) is 4.79 Å². The predicted molar refractivity (Wildman–Crippen MR) is 123 cm³/mol. The van der Waals surface area contributed by atoms with Crippen molar-refractivity contribution in [1.29, 1.82) is 0 Å². The number of rotatable bonds is 4. The summed E-state index contributed by atoms with van der Waals surface area (Å²) in [5.41, 5.74) is 0.0895. The molecule has 0 unspecified atom stereocenters. The second-order valence-corrected chi connectivity index (χ2v) is 9.21. The molecule has 4 amide bonds. The first-order valence-electron chi connectivity index (χ1n) is 11.7. The number of fused-ring (bicyclic) bond motifs is 2. The monoisotopic (exact) mass is 486 g/mol. The molecule has 2 aliphatic heterocycles. The van der Waals surface area contributed by atoms with Gasteiger partial charge in [0.1, 0.15) is 12.1 Å². The molecule has 1 aliphatic carbocycles. The van der Waals surface area contributed by atoms with E-state index >= 15 is 0 Å². The SMILES string of the molecule is O=C(CN1C(=O)N[C@@]2(CCc3ccccc32)C1=O)Nc1cc(C(F)(F)F)ccc1N1CCCCC1. The molecule has 1 atom stereocenters. The van der Waals surface area contributed by atoms with Crippen LogP contribution in [0.1, 0.15) is 42.4 Å². The van der Waals surface area contributed by atoms with E-state index in [0.29, 0.717) is 37.2 Å². The highest BCUT2D eigenvalue weighted by Crippen LogP contribution is 2.41. The van der Waals surface area contributed by atoms with E-state index in [2.05, 4.69) is 10.6 Å². The van der Waals surface area contributed by atoms with E-state index in [9.17, 15) is 27.6 Å². The summed E-state index contributed by atoms with van der Waals surface area (Å²) in [6.07, 6.45) is -0.725. The molecule has 7 nitrogen and oxygen atoms in total. The minimum absolute atomic E-state index is 0.0136. The lowest BCUT2D eigenvalue weighted by Crippen LogP contribution is -2.43. The van der Waals surface area contributed by atoms with Gasteiger partial charge in [-0.1, -0.05) is 24.3 Å². The van der Waals surface area contributed by atoms with E-state index < -0.39 is 41.7 Å². The fourth-order valence-electron chi connectivity index (χ4n) is 5.29. The van der Waals surface area contributed by atoms with Crippen LogP contribution in [0.5, 0.6) is 0 Å². The number of carbonyl (C=O) groups excluding carboxylic acids is 3. The van der Waals surface area contributed by atoms with Gasteiger partial charge in [-0.3, -0.25) is 14.5 Å². The Kier molecular flexibility index (Phi) is 5.69. The fraction of sp³-hybridized carbons (Fsp3) is 0.400. The largest absolute Gasteiger partial charge is 0.416 e. The third-order valence-corrected chi connectivity index (χ3v) is 7.02. The van der Waals surface area contributed by atoms with Gasteiger partial charge >= 0.3 is 12.2 Å². The van der Waals surface area contributed by atoms with Crippen LogP contribution in [-0.2, 0) is 27.7 Å². The first kappa shape index (κ1) is 23.2. The number of halogens is 3. The Bertz CT molecular complexity index is 1190. The highest BCUT2D eigenvalue weighted by atomic mass is 19.4. The molecule has 1 spiro atoms. The quantitative estimate of drug-likeness (QED) is 0.640. The Morgan fingerprint density at radius 3 is 2.54 bits per heavy atom. The lowest BCUT2D eigenvalue weighted by atomic mass is 9.92. The number of carbonyl (C=O) groups is 3. The number of hydrogen-bond acceptors (Lipinski definition) is 4. The van der Waals surface area contributed by atoms with Gasteiger partial charge in [0.15, 0.2) is 0 Å². The second kappa shape index (κ2) is 8.58. The summed E-state index contributed by atoms with van der Waals surface area (Å²) >= 11 is 0. The van der Waals surface area contributed by atoms with Crippen molar-refractivity contribution < 1.29 is 27.6 Å². The molecule has 35 heavy (non-hydrogen) atoms. The Hall–Kier alpha value is -3.56. The minimum atomic E-state index is -4.58. The highest BCUT2D eigenvalue weighted by Gasteiger charge is 2.55. The van der Waals surface area contributed by atoms with Crippen LogP contribution < -0.4 is 15.5 Å². The average Bonchev–Trinajstić information content (AvgIpc) is 3.32. The Morgan fingerprint density at radius 2 is 1.80 bits per heavy atom. The molecular formula is C25H25F3N4O3. The van der Waals surface area contributed by atoms with E-state index in [-0.39, 0.29) is 5.69 Å². The fourth-order valence-corrected chi connectivity index (χ4v) is 5.29. The van der Waals surface area contributed by atoms with Crippen molar-refractivity contribution in [2.75, 3.05) is 29.9 Å². The van der Waals surface area contributed by atoms with Crippen LogP contribution in [-0.4, -0.2) is 42.4 Å². The first-order valence-corrected chi connectivity index (χ1v) is 11.7. The van der Waals surface area contributed by atoms with Gasteiger partial charge in [0.2, 0.25) is 5.91 Å². The van der Waals surface area contributed by atoms with Crippen LogP contribution in [0.2, 0.25) is 0 Å². The van der Waals surface area contributed by atoms with Gasteiger partial charge in [-0.2, -0.15) is 13.2 Å². The van der Waals surface area contributed by atoms with E-state index in [1.165, 1.54) is 6.07 Å². The summed E-state index contributed by atoms with van der Waals surface area (Å²) in [6, 6.07) is 9.91. The third kappa shape index (κ3) is 4.11. The summed E-state index contributed by atoms with van der Waals surface area (Å²) < 4.78 is 40.1. The van der Waals surface area contributed by atoms with Crippen molar-refractivity contribution in [2.24, 2.45) is 0 Å². The maximum absolute atomic E-state index is 13.4. The molecule has 184 valence electrons. The molecule has 3 aliphatic rings. The number of anilines is 2. The number of alkyl halides is 3. The van der Waals surface area contributed by atoms with Crippen LogP contribution in [0.25, 0.3) is 0 Å². The zero-order chi connectivity index (χ0) is 24.8. The molecule has 10 heteroatoms. The number of amides is 4. The smallest absolute Gasteiger partial charge is 0.370 e. The molecular weight excluding hydrogens is 461 g/mol. The van der Waals surface area contributed by atoms with Crippen LogP contribution in [0, 0.1) is 0 Å². The van der Waals surface area contributed by atoms with Gasteiger partial charge < -0.3 is 15.5 Å². The summed E-state index contributed by atoms with van der Waals surface area (Å²) in [5.74, 6) is -1.27. The summed E-state index contributed by atoms with van der Waals surface area (Å²) in [4.78, 5) is 41.7. The minimum Gasteiger partial charge on any atom is -0.370 e. The van der Waals surface area contributed by atoms with Crippen molar-refractivity contribution >= 4 is 29.2 Å². The molecule has 2 aromatic rings. The average molecular weight is 486 g/mol. The molecule has 2 N–H and O–H groups in total. The molecule has 2 aromatic carbocycles. The molecule has 2 fully saturated rings. The molecule has 0 aromatic heterocycles. The van der Waals surface area contributed by atoms with Crippen molar-refractivity contribution in [3.63, 3.8) is 0 Å². The van der Waals surface area contributed by atoms with Crippen LogP contribution in [0.15, 0.2) is 42.5 Å². The third-order valence-electron chi connectivity index (χ3n) is 7.02. The molecule has 0 saturated carbocycles. The topological polar surface area (TPSA) is 81.8 Å². The molecule has 2 saturated heterocycles. The number of urea groups is 1. The second-order valence-electron chi connectivity index (χ2n) is 9.21. The zero-order valence-corrected chi connectivity index (χ0v) is 19.0.